The highest BCUT2D eigenvalue weighted by Gasteiger charge is 2.01. The summed E-state index contributed by atoms with van der Waals surface area (Å²) in [4.78, 5) is 4.47. The Morgan fingerprint density at radius 3 is 2.70 bits per heavy atom. The van der Waals surface area contributed by atoms with Crippen molar-refractivity contribution in [2.75, 3.05) is 26.3 Å². The molecule has 0 aliphatic rings. The second-order valence-electron chi connectivity index (χ2n) is 4.77. The van der Waals surface area contributed by atoms with Crippen LogP contribution in [0.2, 0.25) is 5.02 Å². The largest absolute Gasteiger partial charge is 0.382 e. The molecule has 1 rings (SSSR count). The van der Waals surface area contributed by atoms with E-state index in [-0.39, 0.29) is 29.0 Å². The van der Waals surface area contributed by atoms with E-state index in [0.717, 1.165) is 50.7 Å². The summed E-state index contributed by atoms with van der Waals surface area (Å²) >= 11 is 5.77. The monoisotopic (exact) mass is 457 g/mol. The first-order valence-electron chi connectivity index (χ1n) is 7.71. The molecule has 0 atom stereocenters. The predicted molar refractivity (Wildman–Crippen MR) is 105 cm³/mol. The van der Waals surface area contributed by atoms with Crippen molar-refractivity contribution in [3.05, 3.63) is 34.6 Å². The molecule has 0 fully saturated rings. The van der Waals surface area contributed by atoms with Crippen molar-refractivity contribution in [1.29, 1.82) is 0 Å². The third-order valence-corrected chi connectivity index (χ3v) is 3.25. The zero-order valence-electron chi connectivity index (χ0n) is 13.7. The van der Waals surface area contributed by atoms with Crippen molar-refractivity contribution in [3.8, 4) is 0 Å². The van der Waals surface area contributed by atoms with Gasteiger partial charge in [0.25, 0.3) is 0 Å². The Labute approximate surface area is 160 Å². The fourth-order valence-electron chi connectivity index (χ4n) is 1.83. The summed E-state index contributed by atoms with van der Waals surface area (Å²) in [7, 11) is 0. The van der Waals surface area contributed by atoms with Crippen LogP contribution in [0.25, 0.3) is 0 Å². The molecule has 0 unspecified atom stereocenters. The summed E-state index contributed by atoms with van der Waals surface area (Å²) in [5.41, 5.74) is 0.875. The van der Waals surface area contributed by atoms with Crippen molar-refractivity contribution >= 4 is 41.5 Å². The molecule has 0 bridgehead atoms. The van der Waals surface area contributed by atoms with Crippen LogP contribution in [0.15, 0.2) is 23.2 Å². The SMILES string of the molecule is CCNC(=NCc1ccc(F)c(Cl)c1)NCCCCOCC.I. The Balaban J connectivity index is 0.00000484. The van der Waals surface area contributed by atoms with Crippen molar-refractivity contribution in [2.45, 2.75) is 33.2 Å². The molecule has 0 aromatic heterocycles. The van der Waals surface area contributed by atoms with Gasteiger partial charge in [-0.1, -0.05) is 17.7 Å². The smallest absolute Gasteiger partial charge is 0.191 e. The quantitative estimate of drug-likeness (QED) is 0.255. The molecule has 1 aromatic carbocycles. The number of hydrogen-bond acceptors (Lipinski definition) is 2. The molecule has 0 aliphatic carbocycles. The summed E-state index contributed by atoms with van der Waals surface area (Å²) in [6.45, 7) is 7.64. The average Bonchev–Trinajstić information content (AvgIpc) is 2.51. The van der Waals surface area contributed by atoms with E-state index in [1.165, 1.54) is 6.07 Å². The lowest BCUT2D eigenvalue weighted by Gasteiger charge is -2.11. The number of unbranched alkanes of at least 4 members (excludes halogenated alkanes) is 1. The van der Waals surface area contributed by atoms with Gasteiger partial charge in [-0.3, -0.25) is 0 Å². The summed E-state index contributed by atoms with van der Waals surface area (Å²) in [6.07, 6.45) is 2.04. The molecular weight excluding hydrogens is 432 g/mol. The third-order valence-electron chi connectivity index (χ3n) is 2.96. The number of nitrogens with zero attached hydrogens (tertiary/aromatic N) is 1. The normalized spacial score (nSPS) is 11.0. The van der Waals surface area contributed by atoms with Gasteiger partial charge in [0.2, 0.25) is 0 Å². The minimum Gasteiger partial charge on any atom is -0.382 e. The Kier molecular flexibility index (Phi) is 13.4. The van der Waals surface area contributed by atoms with Gasteiger partial charge >= 0.3 is 0 Å². The van der Waals surface area contributed by atoms with E-state index in [0.29, 0.717) is 6.54 Å². The van der Waals surface area contributed by atoms with Crippen LogP contribution in [0.4, 0.5) is 4.39 Å². The molecule has 0 amide bonds. The first-order chi connectivity index (χ1) is 10.7. The van der Waals surface area contributed by atoms with Gasteiger partial charge in [0.15, 0.2) is 5.96 Å². The van der Waals surface area contributed by atoms with Gasteiger partial charge in [-0.05, 0) is 44.4 Å². The molecule has 132 valence electrons. The van der Waals surface area contributed by atoms with Crippen molar-refractivity contribution < 1.29 is 9.13 Å². The summed E-state index contributed by atoms with van der Waals surface area (Å²) in [5.74, 6) is 0.341. The standard InChI is InChI=1S/C16H25ClFN3O.HI/c1-3-19-16(20-9-5-6-10-22-4-2)21-12-13-7-8-15(18)14(17)11-13;/h7-8,11H,3-6,9-10,12H2,1-2H3,(H2,19,20,21);1H. The fraction of sp³-hybridized carbons (Fsp3) is 0.562. The van der Waals surface area contributed by atoms with Crippen LogP contribution in [0.5, 0.6) is 0 Å². The maximum atomic E-state index is 13.1. The minimum absolute atomic E-state index is 0. The van der Waals surface area contributed by atoms with Gasteiger partial charge in [0.1, 0.15) is 5.82 Å². The lowest BCUT2D eigenvalue weighted by Crippen LogP contribution is -2.37. The lowest BCUT2D eigenvalue weighted by molar-refractivity contribution is 0.143. The fourth-order valence-corrected chi connectivity index (χ4v) is 2.03. The zero-order chi connectivity index (χ0) is 16.2. The maximum absolute atomic E-state index is 13.1. The van der Waals surface area contributed by atoms with Gasteiger partial charge in [-0.15, -0.1) is 24.0 Å². The third kappa shape index (κ3) is 9.99. The van der Waals surface area contributed by atoms with E-state index >= 15 is 0 Å². The topological polar surface area (TPSA) is 45.7 Å². The van der Waals surface area contributed by atoms with Crippen LogP contribution in [-0.2, 0) is 11.3 Å². The molecule has 4 nitrogen and oxygen atoms in total. The van der Waals surface area contributed by atoms with Crippen LogP contribution in [0, 0.1) is 5.82 Å². The molecular formula is C16H26ClFIN3O. The van der Waals surface area contributed by atoms with Gasteiger partial charge in [0, 0.05) is 26.3 Å². The van der Waals surface area contributed by atoms with Crippen molar-refractivity contribution in [1.82, 2.24) is 10.6 Å². The van der Waals surface area contributed by atoms with Gasteiger partial charge in [-0.2, -0.15) is 0 Å². The number of ether oxygens (including phenoxy) is 1. The number of halogens is 3. The van der Waals surface area contributed by atoms with Crippen LogP contribution in [0.1, 0.15) is 32.3 Å². The van der Waals surface area contributed by atoms with Crippen LogP contribution < -0.4 is 10.6 Å². The van der Waals surface area contributed by atoms with Gasteiger partial charge in [-0.25, -0.2) is 9.38 Å². The van der Waals surface area contributed by atoms with Gasteiger partial charge < -0.3 is 15.4 Å². The zero-order valence-corrected chi connectivity index (χ0v) is 16.8. The highest BCUT2D eigenvalue weighted by molar-refractivity contribution is 14.0. The number of rotatable bonds is 9. The van der Waals surface area contributed by atoms with Gasteiger partial charge in [0.05, 0.1) is 11.6 Å². The Hall–Kier alpha value is -0.600. The van der Waals surface area contributed by atoms with E-state index in [1.54, 1.807) is 12.1 Å². The Morgan fingerprint density at radius 2 is 2.04 bits per heavy atom. The lowest BCUT2D eigenvalue weighted by atomic mass is 10.2. The summed E-state index contributed by atoms with van der Waals surface area (Å²) < 4.78 is 18.4. The summed E-state index contributed by atoms with van der Waals surface area (Å²) in [6, 6.07) is 4.66. The first kappa shape index (κ1) is 22.4. The molecule has 0 spiro atoms. The second-order valence-corrected chi connectivity index (χ2v) is 5.18. The Bertz CT molecular complexity index is 475. The first-order valence-corrected chi connectivity index (χ1v) is 8.09. The number of aliphatic imine (C=N–C) groups is 1. The molecule has 0 radical (unpaired) electrons. The molecule has 0 saturated carbocycles. The maximum Gasteiger partial charge on any atom is 0.191 e. The molecule has 2 N–H and O–H groups in total. The van der Waals surface area contributed by atoms with E-state index in [1.807, 2.05) is 13.8 Å². The highest BCUT2D eigenvalue weighted by atomic mass is 127. The molecule has 1 aromatic rings. The van der Waals surface area contributed by atoms with E-state index in [2.05, 4.69) is 15.6 Å². The highest BCUT2D eigenvalue weighted by Crippen LogP contribution is 2.16. The van der Waals surface area contributed by atoms with E-state index in [4.69, 9.17) is 16.3 Å². The van der Waals surface area contributed by atoms with Crippen molar-refractivity contribution in [3.63, 3.8) is 0 Å². The number of nitrogens with one attached hydrogen (secondary N) is 2. The number of guanidine groups is 1. The molecule has 0 aliphatic heterocycles. The van der Waals surface area contributed by atoms with E-state index < -0.39 is 5.82 Å². The average molecular weight is 458 g/mol. The predicted octanol–water partition coefficient (Wildman–Crippen LogP) is 3.97. The number of hydrogen-bond donors (Lipinski definition) is 2. The van der Waals surface area contributed by atoms with Crippen LogP contribution in [0.3, 0.4) is 0 Å². The molecule has 0 saturated heterocycles. The van der Waals surface area contributed by atoms with Crippen LogP contribution >= 0.6 is 35.6 Å². The Morgan fingerprint density at radius 1 is 1.26 bits per heavy atom. The van der Waals surface area contributed by atoms with Crippen LogP contribution in [-0.4, -0.2) is 32.3 Å². The molecule has 7 heteroatoms. The minimum atomic E-state index is -0.409. The number of benzene rings is 1. The molecule has 23 heavy (non-hydrogen) atoms. The molecule has 0 heterocycles. The second kappa shape index (κ2) is 13.8. The summed E-state index contributed by atoms with van der Waals surface area (Å²) in [5, 5.41) is 6.58. The van der Waals surface area contributed by atoms with E-state index in [9.17, 15) is 4.39 Å². The van der Waals surface area contributed by atoms with Crippen molar-refractivity contribution in [2.24, 2.45) is 4.99 Å².